The van der Waals surface area contributed by atoms with Crippen molar-refractivity contribution >= 4 is 17.8 Å². The number of hydrogen-bond donors (Lipinski definition) is 2. The van der Waals surface area contributed by atoms with E-state index in [1.807, 2.05) is 0 Å². The monoisotopic (exact) mass is 328 g/mol. The fourth-order valence-electron chi connectivity index (χ4n) is 2.83. The minimum Gasteiger partial charge on any atom is -0.364 e. The number of carbonyl (C=O) groups excluding carboxylic acids is 2. The van der Waals surface area contributed by atoms with Crippen molar-refractivity contribution in [3.05, 3.63) is 59.5 Å². The van der Waals surface area contributed by atoms with Crippen molar-refractivity contribution in [2.75, 3.05) is 18.4 Å². The van der Waals surface area contributed by atoms with Gasteiger partial charge in [0, 0.05) is 19.0 Å². The highest BCUT2D eigenvalue weighted by atomic mass is 19.1. The molecule has 124 valence electrons. The van der Waals surface area contributed by atoms with Crippen LogP contribution in [0.25, 0.3) is 0 Å². The molecule has 1 aromatic heterocycles. The number of benzene rings is 1. The number of hydrogen-bond acceptors (Lipinski definition) is 3. The van der Waals surface area contributed by atoms with Crippen LogP contribution in [0, 0.1) is 5.82 Å². The standard InChI is InChI=1S/C17H17FN4O2/c18-13-5-2-1-4-12(13)11-8-9-22(10-11)17(24)21-15-7-3-6-14(20-15)16(19)23/h1-7,11H,8-10H2,(H2,19,23)(H,20,21,24). The molecule has 6 nitrogen and oxygen atoms in total. The van der Waals surface area contributed by atoms with Gasteiger partial charge in [0.1, 0.15) is 17.3 Å². The fourth-order valence-corrected chi connectivity index (χ4v) is 2.83. The molecule has 0 saturated carbocycles. The molecule has 0 radical (unpaired) electrons. The normalized spacial score (nSPS) is 16.9. The SMILES string of the molecule is NC(=O)c1cccc(NC(=O)N2CCC(c3ccccc3F)C2)n1. The zero-order valence-electron chi connectivity index (χ0n) is 12.9. The Kier molecular flexibility index (Phi) is 4.41. The van der Waals surface area contributed by atoms with Gasteiger partial charge < -0.3 is 10.6 Å². The van der Waals surface area contributed by atoms with Crippen LogP contribution in [0.4, 0.5) is 15.0 Å². The van der Waals surface area contributed by atoms with Gasteiger partial charge in [-0.1, -0.05) is 24.3 Å². The second-order valence-corrected chi connectivity index (χ2v) is 5.66. The quantitative estimate of drug-likeness (QED) is 0.906. The van der Waals surface area contributed by atoms with E-state index >= 15 is 0 Å². The Labute approximate surface area is 138 Å². The molecule has 1 saturated heterocycles. The molecule has 0 bridgehead atoms. The molecule has 1 aliphatic rings. The van der Waals surface area contributed by atoms with Crippen LogP contribution in [0.15, 0.2) is 42.5 Å². The minimum atomic E-state index is -0.660. The number of rotatable bonds is 3. The lowest BCUT2D eigenvalue weighted by atomic mass is 9.98. The van der Waals surface area contributed by atoms with Crippen molar-refractivity contribution in [1.82, 2.24) is 9.88 Å². The third kappa shape index (κ3) is 3.34. The Morgan fingerprint density at radius 3 is 2.75 bits per heavy atom. The van der Waals surface area contributed by atoms with E-state index in [-0.39, 0.29) is 29.3 Å². The number of anilines is 1. The van der Waals surface area contributed by atoms with Crippen molar-refractivity contribution in [3.8, 4) is 0 Å². The number of nitrogens with one attached hydrogen (secondary N) is 1. The number of nitrogens with zero attached hydrogens (tertiary/aromatic N) is 2. The van der Waals surface area contributed by atoms with Gasteiger partial charge in [0.25, 0.3) is 5.91 Å². The van der Waals surface area contributed by atoms with E-state index in [2.05, 4.69) is 10.3 Å². The number of aromatic nitrogens is 1. The number of likely N-dealkylation sites (tertiary alicyclic amines) is 1. The van der Waals surface area contributed by atoms with Gasteiger partial charge in [-0.2, -0.15) is 0 Å². The first kappa shape index (κ1) is 15.9. The van der Waals surface area contributed by atoms with Crippen LogP contribution in [0.3, 0.4) is 0 Å². The molecule has 3 rings (SSSR count). The summed E-state index contributed by atoms with van der Waals surface area (Å²) in [5.41, 5.74) is 5.88. The summed E-state index contributed by atoms with van der Waals surface area (Å²) < 4.78 is 13.9. The van der Waals surface area contributed by atoms with Gasteiger partial charge >= 0.3 is 6.03 Å². The Morgan fingerprint density at radius 2 is 2.00 bits per heavy atom. The largest absolute Gasteiger partial charge is 0.364 e. The second-order valence-electron chi connectivity index (χ2n) is 5.66. The first-order chi connectivity index (χ1) is 11.5. The molecule has 7 heteroatoms. The number of amides is 3. The van der Waals surface area contributed by atoms with Crippen LogP contribution in [0.2, 0.25) is 0 Å². The van der Waals surface area contributed by atoms with Crippen LogP contribution in [0.1, 0.15) is 28.4 Å². The highest BCUT2D eigenvalue weighted by molar-refractivity contribution is 5.92. The molecule has 1 aliphatic heterocycles. The van der Waals surface area contributed by atoms with E-state index < -0.39 is 5.91 Å². The summed E-state index contributed by atoms with van der Waals surface area (Å²) in [6, 6.07) is 10.9. The van der Waals surface area contributed by atoms with Gasteiger partial charge in [-0.25, -0.2) is 14.2 Å². The second kappa shape index (κ2) is 6.66. The number of carbonyl (C=O) groups is 2. The van der Waals surface area contributed by atoms with Gasteiger partial charge in [-0.3, -0.25) is 10.1 Å². The van der Waals surface area contributed by atoms with Gasteiger partial charge in [-0.05, 0) is 30.2 Å². The molecule has 24 heavy (non-hydrogen) atoms. The molecule has 0 spiro atoms. The summed E-state index contributed by atoms with van der Waals surface area (Å²) >= 11 is 0. The van der Waals surface area contributed by atoms with Gasteiger partial charge in [0.05, 0.1) is 0 Å². The lowest BCUT2D eigenvalue weighted by Crippen LogP contribution is -2.33. The number of nitrogens with two attached hydrogens (primary N) is 1. The molecule has 1 fully saturated rings. The Morgan fingerprint density at radius 1 is 1.21 bits per heavy atom. The number of urea groups is 1. The van der Waals surface area contributed by atoms with Crippen molar-refractivity contribution < 1.29 is 14.0 Å². The predicted molar refractivity (Wildman–Crippen MR) is 87.1 cm³/mol. The van der Waals surface area contributed by atoms with Crippen LogP contribution in [0.5, 0.6) is 0 Å². The zero-order valence-corrected chi connectivity index (χ0v) is 12.9. The summed E-state index contributed by atoms with van der Waals surface area (Å²) in [6.45, 7) is 0.961. The van der Waals surface area contributed by atoms with Crippen LogP contribution in [-0.2, 0) is 0 Å². The maximum Gasteiger partial charge on any atom is 0.323 e. The topological polar surface area (TPSA) is 88.3 Å². The smallest absolute Gasteiger partial charge is 0.323 e. The van der Waals surface area contributed by atoms with E-state index in [1.54, 1.807) is 35.2 Å². The fraction of sp³-hybridized carbons (Fsp3) is 0.235. The van der Waals surface area contributed by atoms with E-state index in [1.165, 1.54) is 12.1 Å². The maximum atomic E-state index is 13.9. The average Bonchev–Trinajstić information content (AvgIpc) is 3.05. The van der Waals surface area contributed by atoms with Crippen LogP contribution in [-0.4, -0.2) is 34.9 Å². The van der Waals surface area contributed by atoms with Gasteiger partial charge in [0.2, 0.25) is 0 Å². The molecule has 2 aromatic rings. The third-order valence-electron chi connectivity index (χ3n) is 4.06. The van der Waals surface area contributed by atoms with Gasteiger partial charge in [-0.15, -0.1) is 0 Å². The van der Waals surface area contributed by atoms with Crippen LogP contribution >= 0.6 is 0 Å². The number of primary amides is 1. The minimum absolute atomic E-state index is 0.0261. The Balaban J connectivity index is 1.66. The third-order valence-corrected chi connectivity index (χ3v) is 4.06. The molecular formula is C17H17FN4O2. The lowest BCUT2D eigenvalue weighted by molar-refractivity contribution is 0.0995. The molecule has 3 N–H and O–H groups in total. The number of halogens is 1. The number of pyridine rings is 1. The van der Waals surface area contributed by atoms with Crippen LogP contribution < -0.4 is 11.1 Å². The van der Waals surface area contributed by atoms with Crippen molar-refractivity contribution in [1.29, 1.82) is 0 Å². The zero-order chi connectivity index (χ0) is 17.1. The summed E-state index contributed by atoms with van der Waals surface area (Å²) in [5, 5.41) is 2.64. The van der Waals surface area contributed by atoms with E-state index in [0.717, 1.165) is 0 Å². The highest BCUT2D eigenvalue weighted by Crippen LogP contribution is 2.29. The maximum absolute atomic E-state index is 13.9. The lowest BCUT2D eigenvalue weighted by Gasteiger charge is -2.17. The summed E-state index contributed by atoms with van der Waals surface area (Å²) in [7, 11) is 0. The van der Waals surface area contributed by atoms with Gasteiger partial charge in [0.15, 0.2) is 0 Å². The molecule has 2 heterocycles. The molecule has 1 atom stereocenters. The Hall–Kier alpha value is -2.96. The van der Waals surface area contributed by atoms with Crippen molar-refractivity contribution in [2.45, 2.75) is 12.3 Å². The van der Waals surface area contributed by atoms with E-state index in [4.69, 9.17) is 5.73 Å². The predicted octanol–water partition coefficient (Wildman–Crippen LogP) is 2.34. The molecule has 1 unspecified atom stereocenters. The molecule has 0 aliphatic carbocycles. The summed E-state index contributed by atoms with van der Waals surface area (Å²) in [4.78, 5) is 29.0. The summed E-state index contributed by atoms with van der Waals surface area (Å²) in [6.07, 6.45) is 0.698. The van der Waals surface area contributed by atoms with E-state index in [9.17, 15) is 14.0 Å². The molecule has 1 aromatic carbocycles. The van der Waals surface area contributed by atoms with E-state index in [0.29, 0.717) is 25.1 Å². The molecule has 3 amide bonds. The Bertz CT molecular complexity index is 781. The van der Waals surface area contributed by atoms with Crippen molar-refractivity contribution in [2.24, 2.45) is 5.73 Å². The first-order valence-electron chi connectivity index (χ1n) is 7.62. The highest BCUT2D eigenvalue weighted by Gasteiger charge is 2.29. The van der Waals surface area contributed by atoms with Crippen molar-refractivity contribution in [3.63, 3.8) is 0 Å². The first-order valence-corrected chi connectivity index (χ1v) is 7.62. The molecular weight excluding hydrogens is 311 g/mol. The average molecular weight is 328 g/mol. The summed E-state index contributed by atoms with van der Waals surface area (Å²) in [5.74, 6) is -0.681.